The van der Waals surface area contributed by atoms with Gasteiger partial charge >= 0.3 is 0 Å². The summed E-state index contributed by atoms with van der Waals surface area (Å²) in [7, 11) is 1.65. The predicted molar refractivity (Wildman–Crippen MR) is 74.4 cm³/mol. The van der Waals surface area contributed by atoms with Gasteiger partial charge in [-0.15, -0.1) is 6.42 Å². The molecule has 0 aliphatic heterocycles. The molecule has 0 atom stereocenters. The molecule has 0 amide bonds. The highest BCUT2D eigenvalue weighted by molar-refractivity contribution is 6.35. The normalized spacial score (nSPS) is 10.1. The summed E-state index contributed by atoms with van der Waals surface area (Å²) in [6, 6.07) is 3.44. The Hall–Kier alpha value is -0.920. The number of rotatable bonds is 7. The fourth-order valence-electron chi connectivity index (χ4n) is 1.42. The summed E-state index contributed by atoms with van der Waals surface area (Å²) in [5, 5.41) is 4.23. The lowest BCUT2D eigenvalue weighted by Gasteiger charge is -2.13. The second-order valence-electron chi connectivity index (χ2n) is 3.54. The van der Waals surface area contributed by atoms with Crippen molar-refractivity contribution in [1.29, 1.82) is 0 Å². The van der Waals surface area contributed by atoms with Crippen molar-refractivity contribution in [3.8, 4) is 18.1 Å². The Bertz CT molecular complexity index is 430. The Morgan fingerprint density at radius 3 is 2.83 bits per heavy atom. The van der Waals surface area contributed by atoms with Crippen LogP contribution < -0.4 is 10.1 Å². The van der Waals surface area contributed by atoms with E-state index in [1.54, 1.807) is 19.2 Å². The lowest BCUT2D eigenvalue weighted by atomic mass is 10.2. The van der Waals surface area contributed by atoms with Crippen LogP contribution in [0.15, 0.2) is 12.1 Å². The fraction of sp³-hybridized carbons (Fsp3) is 0.385. The Labute approximate surface area is 117 Å². The van der Waals surface area contributed by atoms with Crippen LogP contribution >= 0.6 is 23.2 Å². The first-order chi connectivity index (χ1) is 8.69. The van der Waals surface area contributed by atoms with E-state index in [2.05, 4.69) is 11.2 Å². The van der Waals surface area contributed by atoms with E-state index in [0.29, 0.717) is 28.9 Å². The molecule has 1 N–H and O–H groups in total. The molecule has 3 nitrogen and oxygen atoms in total. The molecular weight excluding hydrogens is 273 g/mol. The minimum absolute atomic E-state index is 0.173. The molecule has 0 spiro atoms. The maximum atomic E-state index is 6.08. The zero-order chi connectivity index (χ0) is 13.4. The largest absolute Gasteiger partial charge is 0.479 e. The van der Waals surface area contributed by atoms with Crippen molar-refractivity contribution in [1.82, 2.24) is 5.32 Å². The molecule has 0 unspecified atom stereocenters. The molecule has 0 saturated carbocycles. The first kappa shape index (κ1) is 15.1. The van der Waals surface area contributed by atoms with E-state index < -0.39 is 0 Å². The number of halogens is 2. The van der Waals surface area contributed by atoms with Gasteiger partial charge in [0.15, 0.2) is 0 Å². The first-order valence-electron chi connectivity index (χ1n) is 5.43. The second-order valence-corrected chi connectivity index (χ2v) is 4.38. The SMILES string of the molecule is C#CCOc1c(Cl)cc(Cl)cc1CNCCOC. The third-order valence-corrected chi connectivity index (χ3v) is 2.68. The van der Waals surface area contributed by atoms with Crippen LogP contribution in [0.25, 0.3) is 0 Å². The van der Waals surface area contributed by atoms with Crippen LogP contribution in [-0.2, 0) is 11.3 Å². The van der Waals surface area contributed by atoms with E-state index in [9.17, 15) is 0 Å². The van der Waals surface area contributed by atoms with Gasteiger partial charge in [0.05, 0.1) is 11.6 Å². The molecule has 18 heavy (non-hydrogen) atoms. The number of terminal acetylenes is 1. The number of hydrogen-bond donors (Lipinski definition) is 1. The summed E-state index contributed by atoms with van der Waals surface area (Å²) in [6.45, 7) is 2.13. The molecule has 0 aliphatic rings. The maximum absolute atomic E-state index is 6.08. The van der Waals surface area contributed by atoms with Crippen LogP contribution in [0.1, 0.15) is 5.56 Å². The summed E-state index contributed by atoms with van der Waals surface area (Å²) < 4.78 is 10.4. The van der Waals surface area contributed by atoms with Crippen molar-refractivity contribution >= 4 is 23.2 Å². The molecule has 98 valence electrons. The molecule has 1 aromatic carbocycles. The van der Waals surface area contributed by atoms with Crippen LogP contribution in [0.4, 0.5) is 0 Å². The molecule has 5 heteroatoms. The zero-order valence-corrected chi connectivity index (χ0v) is 11.6. The average Bonchev–Trinajstić information content (AvgIpc) is 2.33. The van der Waals surface area contributed by atoms with Gasteiger partial charge in [0, 0.05) is 30.8 Å². The minimum Gasteiger partial charge on any atom is -0.479 e. The van der Waals surface area contributed by atoms with E-state index in [0.717, 1.165) is 12.1 Å². The molecule has 0 bridgehead atoms. The highest BCUT2D eigenvalue weighted by atomic mass is 35.5. The predicted octanol–water partition coefficient (Wildman–Crippen LogP) is 2.74. The van der Waals surface area contributed by atoms with E-state index in [4.69, 9.17) is 39.1 Å². The van der Waals surface area contributed by atoms with Crippen LogP contribution in [-0.4, -0.2) is 26.9 Å². The van der Waals surface area contributed by atoms with Gasteiger partial charge in [0.25, 0.3) is 0 Å². The Kier molecular flexibility index (Phi) is 6.92. The molecule has 0 aromatic heterocycles. The maximum Gasteiger partial charge on any atom is 0.148 e. The molecule has 0 heterocycles. The average molecular weight is 288 g/mol. The number of ether oxygens (including phenoxy) is 2. The van der Waals surface area contributed by atoms with E-state index in [1.807, 2.05) is 0 Å². The number of nitrogens with one attached hydrogen (secondary N) is 1. The van der Waals surface area contributed by atoms with Gasteiger partial charge in [-0.25, -0.2) is 0 Å². The van der Waals surface area contributed by atoms with Crippen molar-refractivity contribution in [3.05, 3.63) is 27.7 Å². The first-order valence-corrected chi connectivity index (χ1v) is 6.18. The molecule has 0 fully saturated rings. The van der Waals surface area contributed by atoms with Crippen LogP contribution in [0.5, 0.6) is 5.75 Å². The van der Waals surface area contributed by atoms with Crippen molar-refractivity contribution in [2.75, 3.05) is 26.9 Å². The quantitative estimate of drug-likeness (QED) is 0.618. The summed E-state index contributed by atoms with van der Waals surface area (Å²) in [5.41, 5.74) is 0.874. The van der Waals surface area contributed by atoms with E-state index in [1.165, 1.54) is 0 Å². The standard InChI is InChI=1S/C13H15Cl2NO2/c1-3-5-18-13-10(9-16-4-6-17-2)7-11(14)8-12(13)15/h1,7-8,16H,4-6,9H2,2H3. The Balaban J connectivity index is 2.76. The monoisotopic (exact) mass is 287 g/mol. The Morgan fingerprint density at radius 2 is 2.17 bits per heavy atom. The molecule has 0 aliphatic carbocycles. The lowest BCUT2D eigenvalue weighted by molar-refractivity contribution is 0.199. The summed E-state index contributed by atoms with van der Waals surface area (Å²) >= 11 is 12.0. The minimum atomic E-state index is 0.173. The third-order valence-electron chi connectivity index (χ3n) is 2.18. The van der Waals surface area contributed by atoms with Gasteiger partial charge in [-0.2, -0.15) is 0 Å². The number of hydrogen-bond acceptors (Lipinski definition) is 3. The Morgan fingerprint density at radius 1 is 1.39 bits per heavy atom. The van der Waals surface area contributed by atoms with Crippen LogP contribution in [0.2, 0.25) is 10.0 Å². The molecular formula is C13H15Cl2NO2. The smallest absolute Gasteiger partial charge is 0.148 e. The lowest BCUT2D eigenvalue weighted by Crippen LogP contribution is -2.19. The topological polar surface area (TPSA) is 30.5 Å². The van der Waals surface area contributed by atoms with Crippen molar-refractivity contribution in [3.63, 3.8) is 0 Å². The highest BCUT2D eigenvalue weighted by Gasteiger charge is 2.10. The molecule has 0 saturated heterocycles. The summed E-state index contributed by atoms with van der Waals surface area (Å²) in [5.74, 6) is 2.98. The van der Waals surface area contributed by atoms with Gasteiger partial charge in [0.2, 0.25) is 0 Å². The van der Waals surface area contributed by atoms with E-state index in [-0.39, 0.29) is 6.61 Å². The summed E-state index contributed by atoms with van der Waals surface area (Å²) in [4.78, 5) is 0. The van der Waals surface area contributed by atoms with Gasteiger partial charge in [0.1, 0.15) is 12.4 Å². The fourth-order valence-corrected chi connectivity index (χ4v) is 2.01. The van der Waals surface area contributed by atoms with E-state index >= 15 is 0 Å². The molecule has 1 rings (SSSR count). The number of benzene rings is 1. The highest BCUT2D eigenvalue weighted by Crippen LogP contribution is 2.32. The second kappa shape index (κ2) is 8.23. The van der Waals surface area contributed by atoms with Gasteiger partial charge in [-0.3, -0.25) is 0 Å². The molecule has 1 aromatic rings. The summed E-state index contributed by atoms with van der Waals surface area (Å²) in [6.07, 6.45) is 5.17. The number of methoxy groups -OCH3 is 1. The zero-order valence-electron chi connectivity index (χ0n) is 10.1. The van der Waals surface area contributed by atoms with Gasteiger partial charge < -0.3 is 14.8 Å². The van der Waals surface area contributed by atoms with Gasteiger partial charge in [-0.1, -0.05) is 29.1 Å². The van der Waals surface area contributed by atoms with Gasteiger partial charge in [-0.05, 0) is 12.1 Å². The van der Waals surface area contributed by atoms with Crippen molar-refractivity contribution < 1.29 is 9.47 Å². The third kappa shape index (κ3) is 4.75. The molecule has 0 radical (unpaired) electrons. The van der Waals surface area contributed by atoms with Crippen molar-refractivity contribution in [2.24, 2.45) is 0 Å². The van der Waals surface area contributed by atoms with Crippen molar-refractivity contribution in [2.45, 2.75) is 6.54 Å². The van der Waals surface area contributed by atoms with Crippen LogP contribution in [0, 0.1) is 12.3 Å². The van der Waals surface area contributed by atoms with Crippen LogP contribution in [0.3, 0.4) is 0 Å².